The van der Waals surface area contributed by atoms with Crippen molar-refractivity contribution in [2.24, 2.45) is 13.0 Å². The zero-order valence-corrected chi connectivity index (χ0v) is 13.3. The van der Waals surface area contributed by atoms with Crippen LogP contribution in [-0.2, 0) is 13.6 Å². The molecule has 0 saturated carbocycles. The van der Waals surface area contributed by atoms with Gasteiger partial charge in [0.25, 0.3) is 0 Å². The van der Waals surface area contributed by atoms with Crippen molar-refractivity contribution in [1.82, 2.24) is 9.88 Å². The van der Waals surface area contributed by atoms with Gasteiger partial charge in [-0.2, -0.15) is 0 Å². The van der Waals surface area contributed by atoms with Crippen LogP contribution in [-0.4, -0.2) is 4.57 Å². The van der Waals surface area contributed by atoms with Crippen LogP contribution in [0.4, 0.5) is 0 Å². The van der Waals surface area contributed by atoms with Crippen molar-refractivity contribution in [3.05, 3.63) is 45.4 Å². The third-order valence-corrected chi connectivity index (χ3v) is 4.86. The van der Waals surface area contributed by atoms with E-state index in [0.29, 0.717) is 12.0 Å². The first-order chi connectivity index (χ1) is 9.00. The summed E-state index contributed by atoms with van der Waals surface area (Å²) in [5.74, 6) is 0.601. The molecule has 1 atom stereocenters. The van der Waals surface area contributed by atoms with Gasteiger partial charge in [-0.15, -0.1) is 11.3 Å². The Balaban J connectivity index is 2.09. The van der Waals surface area contributed by atoms with E-state index < -0.39 is 0 Å². The van der Waals surface area contributed by atoms with Crippen molar-refractivity contribution in [2.45, 2.75) is 40.3 Å². The minimum absolute atomic E-state index is 0.444. The van der Waals surface area contributed by atoms with E-state index in [1.165, 1.54) is 21.8 Å². The van der Waals surface area contributed by atoms with Gasteiger partial charge in [0.15, 0.2) is 0 Å². The van der Waals surface area contributed by atoms with Crippen LogP contribution in [0.25, 0.3) is 0 Å². The fourth-order valence-corrected chi connectivity index (χ4v) is 3.44. The minimum Gasteiger partial charge on any atom is -0.352 e. The molecule has 0 fully saturated rings. The number of nitrogens with one attached hydrogen (secondary N) is 1. The van der Waals surface area contributed by atoms with E-state index in [-0.39, 0.29) is 0 Å². The van der Waals surface area contributed by atoms with Crippen LogP contribution in [0.1, 0.15) is 41.7 Å². The Labute approximate surface area is 120 Å². The molecule has 2 heterocycles. The average Bonchev–Trinajstić information content (AvgIpc) is 2.95. The molecular formula is C16H24N2S. The van der Waals surface area contributed by atoms with Gasteiger partial charge in [-0.25, -0.2) is 0 Å². The number of nitrogens with zero attached hydrogens (tertiary/aromatic N) is 1. The summed E-state index contributed by atoms with van der Waals surface area (Å²) in [5, 5.41) is 5.87. The van der Waals surface area contributed by atoms with E-state index in [0.717, 1.165) is 6.54 Å². The quantitative estimate of drug-likeness (QED) is 0.866. The molecule has 0 saturated heterocycles. The molecule has 104 valence electrons. The molecule has 1 unspecified atom stereocenters. The SMILES string of the molecule is Cc1cc(CNC(c2cccs2)C(C)C)c(C)n1C. The third-order valence-electron chi connectivity index (χ3n) is 3.91. The molecule has 2 aromatic rings. The normalized spacial score (nSPS) is 13.2. The van der Waals surface area contributed by atoms with Crippen LogP contribution in [0.5, 0.6) is 0 Å². The number of aryl methyl sites for hydroxylation is 1. The molecule has 2 nitrogen and oxygen atoms in total. The average molecular weight is 276 g/mol. The zero-order chi connectivity index (χ0) is 14.0. The van der Waals surface area contributed by atoms with E-state index in [4.69, 9.17) is 0 Å². The molecule has 2 rings (SSSR count). The highest BCUT2D eigenvalue weighted by Crippen LogP contribution is 2.26. The Morgan fingerprint density at radius 2 is 2.05 bits per heavy atom. The van der Waals surface area contributed by atoms with Crippen molar-refractivity contribution >= 4 is 11.3 Å². The van der Waals surface area contributed by atoms with Crippen molar-refractivity contribution in [2.75, 3.05) is 0 Å². The van der Waals surface area contributed by atoms with Crippen LogP contribution in [0.2, 0.25) is 0 Å². The first kappa shape index (κ1) is 14.4. The zero-order valence-electron chi connectivity index (χ0n) is 12.5. The van der Waals surface area contributed by atoms with Gasteiger partial charge in [-0.1, -0.05) is 19.9 Å². The van der Waals surface area contributed by atoms with Crippen molar-refractivity contribution in [3.8, 4) is 0 Å². The highest BCUT2D eigenvalue weighted by molar-refractivity contribution is 7.10. The Kier molecular flexibility index (Phi) is 4.48. The molecule has 3 heteroatoms. The van der Waals surface area contributed by atoms with Crippen molar-refractivity contribution < 1.29 is 0 Å². The van der Waals surface area contributed by atoms with Crippen LogP contribution in [0.3, 0.4) is 0 Å². The molecule has 0 amide bonds. The van der Waals surface area contributed by atoms with Gasteiger partial charge in [-0.3, -0.25) is 0 Å². The Morgan fingerprint density at radius 3 is 2.53 bits per heavy atom. The maximum absolute atomic E-state index is 3.72. The number of rotatable bonds is 5. The molecule has 0 spiro atoms. The van der Waals surface area contributed by atoms with Gasteiger partial charge in [0.1, 0.15) is 0 Å². The Bertz CT molecular complexity index is 523. The first-order valence-electron chi connectivity index (χ1n) is 6.89. The summed E-state index contributed by atoms with van der Waals surface area (Å²) in [6.45, 7) is 9.85. The van der Waals surface area contributed by atoms with Gasteiger partial charge < -0.3 is 9.88 Å². The lowest BCUT2D eigenvalue weighted by molar-refractivity contribution is 0.416. The van der Waals surface area contributed by atoms with Gasteiger partial charge in [0, 0.05) is 35.9 Å². The monoisotopic (exact) mass is 276 g/mol. The van der Waals surface area contributed by atoms with Crippen molar-refractivity contribution in [3.63, 3.8) is 0 Å². The van der Waals surface area contributed by atoms with E-state index in [9.17, 15) is 0 Å². The highest BCUT2D eigenvalue weighted by Gasteiger charge is 2.17. The molecule has 0 aliphatic heterocycles. The molecule has 0 radical (unpaired) electrons. The molecule has 19 heavy (non-hydrogen) atoms. The molecule has 0 bridgehead atoms. The maximum atomic E-state index is 3.72. The second-order valence-corrected chi connectivity index (χ2v) is 6.55. The summed E-state index contributed by atoms with van der Waals surface area (Å²) in [6, 6.07) is 7.09. The first-order valence-corrected chi connectivity index (χ1v) is 7.77. The topological polar surface area (TPSA) is 17.0 Å². The molecule has 0 aliphatic carbocycles. The fourth-order valence-electron chi connectivity index (χ4n) is 2.47. The Hall–Kier alpha value is -1.06. The molecule has 2 aromatic heterocycles. The summed E-state index contributed by atoms with van der Waals surface area (Å²) in [5.41, 5.74) is 4.09. The number of hydrogen-bond donors (Lipinski definition) is 1. The van der Waals surface area contributed by atoms with E-state index in [1.807, 2.05) is 11.3 Å². The van der Waals surface area contributed by atoms with E-state index in [2.05, 4.69) is 68.2 Å². The second-order valence-electron chi connectivity index (χ2n) is 5.57. The smallest absolute Gasteiger partial charge is 0.0440 e. The van der Waals surface area contributed by atoms with Gasteiger partial charge in [0.2, 0.25) is 0 Å². The summed E-state index contributed by atoms with van der Waals surface area (Å²) < 4.78 is 2.26. The Morgan fingerprint density at radius 1 is 1.32 bits per heavy atom. The highest BCUT2D eigenvalue weighted by atomic mass is 32.1. The molecule has 0 aliphatic rings. The number of thiophene rings is 1. The molecule has 0 aromatic carbocycles. The van der Waals surface area contributed by atoms with Crippen LogP contribution < -0.4 is 5.32 Å². The largest absolute Gasteiger partial charge is 0.352 e. The van der Waals surface area contributed by atoms with E-state index >= 15 is 0 Å². The predicted molar refractivity (Wildman–Crippen MR) is 83.6 cm³/mol. The molecule has 1 N–H and O–H groups in total. The summed E-state index contributed by atoms with van der Waals surface area (Å²) in [6.07, 6.45) is 0. The third kappa shape index (κ3) is 3.10. The lowest BCUT2D eigenvalue weighted by atomic mass is 10.0. The number of hydrogen-bond acceptors (Lipinski definition) is 2. The van der Waals surface area contributed by atoms with Crippen LogP contribution in [0, 0.1) is 19.8 Å². The lowest BCUT2D eigenvalue weighted by Crippen LogP contribution is -2.24. The van der Waals surface area contributed by atoms with Crippen LogP contribution >= 0.6 is 11.3 Å². The number of aromatic nitrogens is 1. The van der Waals surface area contributed by atoms with Crippen LogP contribution in [0.15, 0.2) is 23.6 Å². The summed E-state index contributed by atoms with van der Waals surface area (Å²) in [4.78, 5) is 1.43. The van der Waals surface area contributed by atoms with Gasteiger partial charge in [0.05, 0.1) is 0 Å². The summed E-state index contributed by atoms with van der Waals surface area (Å²) >= 11 is 1.84. The predicted octanol–water partition coefficient (Wildman–Crippen LogP) is 4.19. The van der Waals surface area contributed by atoms with Gasteiger partial charge in [-0.05, 0) is 42.8 Å². The molecular weight excluding hydrogens is 252 g/mol. The standard InChI is InChI=1S/C16H24N2S/c1-11(2)16(15-7-6-8-19-15)17-10-14-9-12(3)18(5)13(14)4/h6-9,11,16-17H,10H2,1-5H3. The van der Waals surface area contributed by atoms with Gasteiger partial charge >= 0.3 is 0 Å². The minimum atomic E-state index is 0.444. The second kappa shape index (κ2) is 5.93. The maximum Gasteiger partial charge on any atom is 0.0440 e. The van der Waals surface area contributed by atoms with E-state index in [1.54, 1.807) is 0 Å². The fraction of sp³-hybridized carbons (Fsp3) is 0.500. The summed E-state index contributed by atoms with van der Waals surface area (Å²) in [7, 11) is 2.13. The lowest BCUT2D eigenvalue weighted by Gasteiger charge is -2.21. The van der Waals surface area contributed by atoms with Crippen molar-refractivity contribution in [1.29, 1.82) is 0 Å².